The summed E-state index contributed by atoms with van der Waals surface area (Å²) in [5.74, 6) is 2.35. The lowest BCUT2D eigenvalue weighted by atomic mass is 10.2. The van der Waals surface area contributed by atoms with Gasteiger partial charge in [0.15, 0.2) is 11.5 Å². The van der Waals surface area contributed by atoms with Crippen LogP contribution in [-0.2, 0) is 9.59 Å². The van der Waals surface area contributed by atoms with Crippen molar-refractivity contribution in [2.24, 2.45) is 5.10 Å². The zero-order chi connectivity index (χ0) is 21.2. The molecule has 0 aliphatic carbocycles. The molecule has 2 aromatic carbocycles. The van der Waals surface area contributed by atoms with Crippen molar-refractivity contribution in [3.05, 3.63) is 52.0 Å². The molecule has 0 saturated heterocycles. The van der Waals surface area contributed by atoms with Crippen molar-refractivity contribution >= 4 is 39.6 Å². The molecule has 29 heavy (non-hydrogen) atoms. The monoisotopic (exact) mass is 457 g/mol. The lowest BCUT2D eigenvalue weighted by molar-refractivity contribution is -0.126. The highest BCUT2D eigenvalue weighted by molar-refractivity contribution is 9.10. The Hall–Kier alpha value is -3.31. The van der Waals surface area contributed by atoms with Gasteiger partial charge < -0.3 is 14.8 Å². The molecular weight excluding hydrogens is 438 g/mol. The summed E-state index contributed by atoms with van der Waals surface area (Å²) in [7, 11) is 1.50. The SMILES string of the molecule is C#CCOc1c(Br)cc(C=NNC(=O)CC(=O)Nc2ccc(C)cc2)cc1OC. The number of rotatable bonds is 8. The highest BCUT2D eigenvalue weighted by Gasteiger charge is 2.11. The fourth-order valence-corrected chi connectivity index (χ4v) is 2.85. The maximum atomic E-state index is 11.9. The normalized spacial score (nSPS) is 10.3. The molecule has 0 saturated carbocycles. The summed E-state index contributed by atoms with van der Waals surface area (Å²) in [6.07, 6.45) is 6.28. The second-order valence-corrected chi connectivity index (χ2v) is 6.77. The average Bonchev–Trinajstić information content (AvgIpc) is 2.68. The molecule has 7 nitrogen and oxygen atoms in total. The molecule has 0 radical (unpaired) electrons. The van der Waals surface area contributed by atoms with Gasteiger partial charge in [0.2, 0.25) is 11.8 Å². The van der Waals surface area contributed by atoms with E-state index in [1.54, 1.807) is 24.3 Å². The van der Waals surface area contributed by atoms with E-state index in [0.717, 1.165) is 5.56 Å². The highest BCUT2D eigenvalue weighted by Crippen LogP contribution is 2.36. The molecule has 2 rings (SSSR count). The van der Waals surface area contributed by atoms with Gasteiger partial charge in [0.05, 0.1) is 17.8 Å². The molecule has 0 unspecified atom stereocenters. The van der Waals surface area contributed by atoms with Gasteiger partial charge in [-0.05, 0) is 52.7 Å². The van der Waals surface area contributed by atoms with E-state index in [1.165, 1.54) is 13.3 Å². The summed E-state index contributed by atoms with van der Waals surface area (Å²) in [4.78, 5) is 23.8. The summed E-state index contributed by atoms with van der Waals surface area (Å²) in [6, 6.07) is 10.7. The number of anilines is 1. The summed E-state index contributed by atoms with van der Waals surface area (Å²) < 4.78 is 11.3. The smallest absolute Gasteiger partial charge is 0.249 e. The zero-order valence-electron chi connectivity index (χ0n) is 16.0. The van der Waals surface area contributed by atoms with Gasteiger partial charge in [0.1, 0.15) is 13.0 Å². The Kier molecular flexibility index (Phi) is 8.25. The van der Waals surface area contributed by atoms with Crippen LogP contribution in [0.4, 0.5) is 5.69 Å². The third-order valence-corrected chi connectivity index (χ3v) is 4.20. The predicted molar refractivity (Wildman–Crippen MR) is 115 cm³/mol. The van der Waals surface area contributed by atoms with Crippen LogP contribution in [0, 0.1) is 19.3 Å². The second-order valence-electron chi connectivity index (χ2n) is 5.91. The Morgan fingerprint density at radius 1 is 1.24 bits per heavy atom. The summed E-state index contributed by atoms with van der Waals surface area (Å²) in [5, 5.41) is 6.52. The van der Waals surface area contributed by atoms with Crippen LogP contribution < -0.4 is 20.2 Å². The summed E-state index contributed by atoms with van der Waals surface area (Å²) in [5.41, 5.74) is 4.67. The Morgan fingerprint density at radius 3 is 2.62 bits per heavy atom. The first-order chi connectivity index (χ1) is 13.9. The topological polar surface area (TPSA) is 89.0 Å². The number of carbonyl (C=O) groups is 2. The van der Waals surface area contributed by atoms with Crippen LogP contribution in [0.5, 0.6) is 11.5 Å². The fraction of sp³-hybridized carbons (Fsp3) is 0.190. The number of aryl methyl sites for hydroxylation is 1. The van der Waals surface area contributed by atoms with Crippen LogP contribution in [0.3, 0.4) is 0 Å². The minimum atomic E-state index is -0.536. The van der Waals surface area contributed by atoms with Gasteiger partial charge in [-0.3, -0.25) is 9.59 Å². The van der Waals surface area contributed by atoms with Gasteiger partial charge in [-0.2, -0.15) is 5.10 Å². The third-order valence-electron chi connectivity index (χ3n) is 3.61. The number of halogens is 1. The van der Waals surface area contributed by atoms with Crippen LogP contribution in [0.1, 0.15) is 17.5 Å². The number of nitrogens with zero attached hydrogens (tertiary/aromatic N) is 1. The largest absolute Gasteiger partial charge is 0.493 e. The minimum Gasteiger partial charge on any atom is -0.493 e. The number of hydrogen-bond donors (Lipinski definition) is 2. The minimum absolute atomic E-state index is 0.100. The van der Waals surface area contributed by atoms with Gasteiger partial charge in [-0.1, -0.05) is 23.6 Å². The van der Waals surface area contributed by atoms with Crippen LogP contribution in [0.15, 0.2) is 46.0 Å². The Balaban J connectivity index is 1.92. The van der Waals surface area contributed by atoms with E-state index in [0.29, 0.717) is 27.2 Å². The van der Waals surface area contributed by atoms with Gasteiger partial charge in [-0.25, -0.2) is 5.43 Å². The highest BCUT2D eigenvalue weighted by atomic mass is 79.9. The van der Waals surface area contributed by atoms with Crippen molar-refractivity contribution in [2.75, 3.05) is 19.0 Å². The Bertz CT molecular complexity index is 950. The van der Waals surface area contributed by atoms with E-state index in [-0.39, 0.29) is 13.0 Å². The number of terminal acetylenes is 1. The third kappa shape index (κ3) is 6.97. The predicted octanol–water partition coefficient (Wildman–Crippen LogP) is 3.26. The lowest BCUT2D eigenvalue weighted by Gasteiger charge is -2.11. The van der Waals surface area contributed by atoms with Crippen LogP contribution in [0.25, 0.3) is 0 Å². The molecule has 0 aliphatic heterocycles. The van der Waals surface area contributed by atoms with Crippen LogP contribution in [0.2, 0.25) is 0 Å². The molecule has 0 heterocycles. The number of amides is 2. The first kappa shape index (κ1) is 22.0. The van der Waals surface area contributed by atoms with Crippen molar-refractivity contribution in [3.8, 4) is 23.8 Å². The molecule has 2 amide bonds. The molecule has 2 N–H and O–H groups in total. The van der Waals surface area contributed by atoms with Crippen molar-refractivity contribution in [1.82, 2.24) is 5.43 Å². The first-order valence-corrected chi connectivity index (χ1v) is 9.34. The van der Waals surface area contributed by atoms with Crippen molar-refractivity contribution in [3.63, 3.8) is 0 Å². The van der Waals surface area contributed by atoms with E-state index in [4.69, 9.17) is 15.9 Å². The maximum Gasteiger partial charge on any atom is 0.249 e. The number of ether oxygens (including phenoxy) is 2. The summed E-state index contributed by atoms with van der Waals surface area (Å²) in [6.45, 7) is 2.05. The number of methoxy groups -OCH3 is 1. The van der Waals surface area contributed by atoms with E-state index < -0.39 is 11.8 Å². The quantitative estimate of drug-likeness (QED) is 0.275. The average molecular weight is 458 g/mol. The number of carbonyl (C=O) groups excluding carboxylic acids is 2. The standard InChI is InChI=1S/C21H20BrN3O4/c1-4-9-29-21-17(22)10-15(11-18(21)28-3)13-23-25-20(27)12-19(26)24-16-7-5-14(2)6-8-16/h1,5-8,10-11,13H,9,12H2,2-3H3,(H,24,26)(H,25,27). The van der Waals surface area contributed by atoms with E-state index in [2.05, 4.69) is 37.7 Å². The molecule has 0 bridgehead atoms. The first-order valence-electron chi connectivity index (χ1n) is 8.55. The molecule has 0 aliphatic rings. The van der Waals surface area contributed by atoms with Crippen LogP contribution >= 0.6 is 15.9 Å². The van der Waals surface area contributed by atoms with Crippen molar-refractivity contribution in [1.29, 1.82) is 0 Å². The lowest BCUT2D eigenvalue weighted by Crippen LogP contribution is -2.24. The van der Waals surface area contributed by atoms with Crippen molar-refractivity contribution in [2.45, 2.75) is 13.3 Å². The van der Waals surface area contributed by atoms with Gasteiger partial charge in [0.25, 0.3) is 0 Å². The zero-order valence-corrected chi connectivity index (χ0v) is 17.6. The van der Waals surface area contributed by atoms with E-state index in [9.17, 15) is 9.59 Å². The molecular formula is C21H20BrN3O4. The van der Waals surface area contributed by atoms with Crippen molar-refractivity contribution < 1.29 is 19.1 Å². The maximum absolute atomic E-state index is 11.9. The molecule has 2 aromatic rings. The van der Waals surface area contributed by atoms with E-state index in [1.807, 2.05) is 19.1 Å². The Labute approximate surface area is 177 Å². The number of nitrogens with one attached hydrogen (secondary N) is 2. The number of hydrogen-bond acceptors (Lipinski definition) is 5. The van der Waals surface area contributed by atoms with Gasteiger partial charge in [-0.15, -0.1) is 6.42 Å². The number of hydrazone groups is 1. The molecule has 8 heteroatoms. The molecule has 0 spiro atoms. The van der Waals surface area contributed by atoms with Crippen LogP contribution in [-0.4, -0.2) is 31.7 Å². The molecule has 0 aromatic heterocycles. The summed E-state index contributed by atoms with van der Waals surface area (Å²) >= 11 is 3.38. The molecule has 0 atom stereocenters. The van der Waals surface area contributed by atoms with E-state index >= 15 is 0 Å². The molecule has 0 fully saturated rings. The molecule has 150 valence electrons. The Morgan fingerprint density at radius 2 is 1.97 bits per heavy atom. The van der Waals surface area contributed by atoms with Gasteiger partial charge in [0, 0.05) is 5.69 Å². The fourth-order valence-electron chi connectivity index (χ4n) is 2.27. The second kappa shape index (κ2) is 10.9. The van der Waals surface area contributed by atoms with Gasteiger partial charge >= 0.3 is 0 Å². The number of benzene rings is 2.